The molecule has 0 bridgehead atoms. The van der Waals surface area contributed by atoms with E-state index in [1.165, 1.54) is 0 Å². The summed E-state index contributed by atoms with van der Waals surface area (Å²) in [6.45, 7) is 7.20. The van der Waals surface area contributed by atoms with E-state index in [4.69, 9.17) is 9.57 Å². The first-order valence-electron chi connectivity index (χ1n) is 6.91. The van der Waals surface area contributed by atoms with Gasteiger partial charge in [0.1, 0.15) is 12.4 Å². The molecule has 0 N–H and O–H groups in total. The molecule has 1 aromatic rings. The molecule has 0 aromatic heterocycles. The lowest BCUT2D eigenvalue weighted by Crippen LogP contribution is -2.38. The molecule has 0 radical (unpaired) electrons. The number of oxime groups is 1. The molecular formula is C15H20N2O3. The molecule has 108 valence electrons. The van der Waals surface area contributed by atoms with Crippen LogP contribution >= 0.6 is 0 Å². The van der Waals surface area contributed by atoms with E-state index in [2.05, 4.69) is 5.16 Å². The highest BCUT2D eigenvalue weighted by Crippen LogP contribution is 2.32. The molecule has 0 saturated carbocycles. The number of hydrogen-bond acceptors (Lipinski definition) is 4. The summed E-state index contributed by atoms with van der Waals surface area (Å²) in [5.74, 6) is 0.714. The fraction of sp³-hybridized carbons (Fsp3) is 0.467. The van der Waals surface area contributed by atoms with Crippen LogP contribution in [-0.4, -0.2) is 31.4 Å². The minimum absolute atomic E-state index is 0.0195. The van der Waals surface area contributed by atoms with E-state index in [1.807, 2.05) is 39.0 Å². The Bertz CT molecular complexity index is 526. The second-order valence-electron chi connectivity index (χ2n) is 4.62. The molecule has 1 heterocycles. The van der Waals surface area contributed by atoms with Gasteiger partial charge in [0, 0.05) is 12.1 Å². The highest BCUT2D eigenvalue weighted by atomic mass is 16.6. The number of anilines is 1. The highest BCUT2D eigenvalue weighted by Gasteiger charge is 2.24. The van der Waals surface area contributed by atoms with Crippen molar-refractivity contribution in [3.63, 3.8) is 0 Å². The number of carbonyl (C=O) groups is 1. The van der Waals surface area contributed by atoms with Crippen LogP contribution in [0.4, 0.5) is 5.69 Å². The molecule has 1 aromatic carbocycles. The minimum atomic E-state index is -0.0195. The maximum Gasteiger partial charge on any atom is 0.265 e. The summed E-state index contributed by atoms with van der Waals surface area (Å²) in [6.07, 6.45) is 0.924. The molecule has 0 aliphatic carbocycles. The maximum atomic E-state index is 11.8. The molecule has 1 aliphatic heterocycles. The normalized spacial score (nSPS) is 14.8. The van der Waals surface area contributed by atoms with Crippen LogP contribution in [0.5, 0.6) is 5.75 Å². The summed E-state index contributed by atoms with van der Waals surface area (Å²) in [6, 6.07) is 5.72. The predicted octanol–water partition coefficient (Wildman–Crippen LogP) is 2.58. The van der Waals surface area contributed by atoms with Gasteiger partial charge in [0.2, 0.25) is 0 Å². The fourth-order valence-corrected chi connectivity index (χ4v) is 2.06. The molecule has 0 spiro atoms. The number of amides is 1. The molecule has 20 heavy (non-hydrogen) atoms. The van der Waals surface area contributed by atoms with Gasteiger partial charge in [0.25, 0.3) is 5.91 Å². The lowest BCUT2D eigenvalue weighted by molar-refractivity contribution is -0.121. The van der Waals surface area contributed by atoms with E-state index >= 15 is 0 Å². The fourth-order valence-electron chi connectivity index (χ4n) is 2.06. The Kier molecular flexibility index (Phi) is 4.61. The predicted molar refractivity (Wildman–Crippen MR) is 78.4 cm³/mol. The van der Waals surface area contributed by atoms with Crippen molar-refractivity contribution in [3.05, 3.63) is 23.8 Å². The Hall–Kier alpha value is -2.04. The van der Waals surface area contributed by atoms with Crippen LogP contribution in [0.1, 0.15) is 32.8 Å². The average Bonchev–Trinajstić information content (AvgIpc) is 2.46. The van der Waals surface area contributed by atoms with Gasteiger partial charge >= 0.3 is 0 Å². The molecule has 5 nitrogen and oxygen atoms in total. The number of hydrogen-bond donors (Lipinski definition) is 0. The Balaban J connectivity index is 2.28. The van der Waals surface area contributed by atoms with Crippen molar-refractivity contribution in [1.82, 2.24) is 0 Å². The summed E-state index contributed by atoms with van der Waals surface area (Å²) < 4.78 is 5.44. The third kappa shape index (κ3) is 2.92. The summed E-state index contributed by atoms with van der Waals surface area (Å²) in [7, 11) is 0. The molecule has 0 unspecified atom stereocenters. The summed E-state index contributed by atoms with van der Waals surface area (Å²) in [5, 5.41) is 4.08. The Morgan fingerprint density at radius 3 is 2.95 bits per heavy atom. The Morgan fingerprint density at radius 1 is 1.45 bits per heavy atom. The molecule has 0 fully saturated rings. The number of likely N-dealkylation sites (N-methyl/N-ethyl adjacent to an activating group) is 1. The van der Waals surface area contributed by atoms with E-state index < -0.39 is 0 Å². The summed E-state index contributed by atoms with van der Waals surface area (Å²) >= 11 is 0. The highest BCUT2D eigenvalue weighted by molar-refractivity contribution is 6.02. The minimum Gasteiger partial charge on any atom is -0.482 e. The SMILES string of the molecule is CCCO/N=C(/C)c1ccc2c(c1)N(CC)C(=O)CO2. The van der Waals surface area contributed by atoms with Crippen molar-refractivity contribution in [2.75, 3.05) is 24.7 Å². The van der Waals surface area contributed by atoms with E-state index in [0.29, 0.717) is 13.2 Å². The standard InChI is InChI=1S/C15H20N2O3/c1-4-8-20-16-11(3)12-6-7-14-13(9-12)17(5-2)15(18)10-19-14/h6-7,9H,4-5,8,10H2,1-3H3/b16-11-. The van der Waals surface area contributed by atoms with Crippen molar-refractivity contribution in [2.45, 2.75) is 27.2 Å². The quantitative estimate of drug-likeness (QED) is 0.472. The zero-order chi connectivity index (χ0) is 14.5. The van der Waals surface area contributed by atoms with E-state index in [-0.39, 0.29) is 12.5 Å². The van der Waals surface area contributed by atoms with E-state index in [9.17, 15) is 4.79 Å². The van der Waals surface area contributed by atoms with Crippen LogP contribution < -0.4 is 9.64 Å². The van der Waals surface area contributed by atoms with Gasteiger partial charge in [-0.15, -0.1) is 0 Å². The number of carbonyl (C=O) groups excluding carboxylic acids is 1. The molecule has 5 heteroatoms. The van der Waals surface area contributed by atoms with Crippen molar-refractivity contribution in [1.29, 1.82) is 0 Å². The number of nitrogens with zero attached hydrogens (tertiary/aromatic N) is 2. The molecule has 0 saturated heterocycles. The van der Waals surface area contributed by atoms with Crippen LogP contribution in [-0.2, 0) is 9.63 Å². The summed E-state index contributed by atoms with van der Waals surface area (Å²) in [4.78, 5) is 18.7. The zero-order valence-corrected chi connectivity index (χ0v) is 12.2. The van der Waals surface area contributed by atoms with E-state index in [0.717, 1.165) is 29.1 Å². The molecule has 2 rings (SSSR count). The number of rotatable bonds is 5. The van der Waals surface area contributed by atoms with Gasteiger partial charge in [0.05, 0.1) is 11.4 Å². The monoisotopic (exact) mass is 276 g/mol. The first-order valence-corrected chi connectivity index (χ1v) is 6.91. The third-order valence-electron chi connectivity index (χ3n) is 3.13. The van der Waals surface area contributed by atoms with Crippen molar-refractivity contribution < 1.29 is 14.4 Å². The van der Waals surface area contributed by atoms with Crippen LogP contribution in [0.3, 0.4) is 0 Å². The molecule has 1 amide bonds. The van der Waals surface area contributed by atoms with Crippen molar-refractivity contribution in [3.8, 4) is 5.75 Å². The topological polar surface area (TPSA) is 51.1 Å². The van der Waals surface area contributed by atoms with Crippen LogP contribution in [0.25, 0.3) is 0 Å². The number of fused-ring (bicyclic) bond motifs is 1. The second-order valence-corrected chi connectivity index (χ2v) is 4.62. The maximum absolute atomic E-state index is 11.8. The smallest absolute Gasteiger partial charge is 0.265 e. The molecule has 1 aliphatic rings. The number of ether oxygens (including phenoxy) is 1. The Morgan fingerprint density at radius 2 is 2.25 bits per heavy atom. The zero-order valence-electron chi connectivity index (χ0n) is 12.2. The van der Waals surface area contributed by atoms with Gasteiger partial charge in [-0.25, -0.2) is 0 Å². The lowest BCUT2D eigenvalue weighted by Gasteiger charge is -2.28. The van der Waals surface area contributed by atoms with Gasteiger partial charge in [0.15, 0.2) is 6.61 Å². The van der Waals surface area contributed by atoms with Gasteiger partial charge < -0.3 is 14.5 Å². The third-order valence-corrected chi connectivity index (χ3v) is 3.13. The summed E-state index contributed by atoms with van der Waals surface area (Å²) in [5.41, 5.74) is 2.51. The van der Waals surface area contributed by atoms with Crippen LogP contribution in [0, 0.1) is 0 Å². The molecule has 0 atom stereocenters. The van der Waals surface area contributed by atoms with Gasteiger partial charge in [-0.2, -0.15) is 0 Å². The van der Waals surface area contributed by atoms with Crippen LogP contribution in [0.15, 0.2) is 23.4 Å². The Labute approximate surface area is 119 Å². The van der Waals surface area contributed by atoms with Crippen molar-refractivity contribution >= 4 is 17.3 Å². The number of benzene rings is 1. The van der Waals surface area contributed by atoms with Gasteiger partial charge in [-0.3, -0.25) is 4.79 Å². The first kappa shape index (κ1) is 14.4. The van der Waals surface area contributed by atoms with Gasteiger partial charge in [-0.05, 0) is 38.5 Å². The first-order chi connectivity index (χ1) is 9.67. The van der Waals surface area contributed by atoms with Crippen molar-refractivity contribution in [2.24, 2.45) is 5.16 Å². The van der Waals surface area contributed by atoms with Crippen LogP contribution in [0.2, 0.25) is 0 Å². The second kappa shape index (κ2) is 6.41. The average molecular weight is 276 g/mol. The van der Waals surface area contributed by atoms with E-state index in [1.54, 1.807) is 4.90 Å². The largest absolute Gasteiger partial charge is 0.482 e. The molecular weight excluding hydrogens is 256 g/mol. The van der Waals surface area contributed by atoms with Gasteiger partial charge in [-0.1, -0.05) is 12.1 Å². The lowest BCUT2D eigenvalue weighted by atomic mass is 10.1.